The summed E-state index contributed by atoms with van der Waals surface area (Å²) in [7, 11) is 0. The van der Waals surface area contributed by atoms with Crippen molar-refractivity contribution in [2.75, 3.05) is 4.90 Å². The van der Waals surface area contributed by atoms with Gasteiger partial charge in [-0.05, 0) is 97.2 Å². The minimum atomic E-state index is -0.577. The molecule has 2 aromatic carbocycles. The fourth-order valence-electron chi connectivity index (χ4n) is 8.90. The lowest BCUT2D eigenvalue weighted by Crippen LogP contribution is -2.57. The number of fused-ring (bicyclic) bond motifs is 7. The van der Waals surface area contributed by atoms with Gasteiger partial charge < -0.3 is 0 Å². The Labute approximate surface area is 244 Å². The Morgan fingerprint density at radius 1 is 0.927 bits per heavy atom. The quantitative estimate of drug-likeness (QED) is 0.306. The van der Waals surface area contributed by atoms with Crippen molar-refractivity contribution in [3.8, 4) is 22.6 Å². The number of carbonyl (C=O) groups is 2. The number of thiophene rings is 1. The van der Waals surface area contributed by atoms with Crippen LogP contribution in [0.4, 0.5) is 5.69 Å². The molecular formula is C35H31N3O2S. The molecule has 1 aliphatic heterocycles. The largest absolute Gasteiger partial charge is 0.273 e. The molecule has 0 N–H and O–H groups in total. The second-order valence-electron chi connectivity index (χ2n) is 12.6. The SMILES string of the molecule is CC1=C2C(=O)N(c3cc(C#N)cc(C#N)c3)C(=O)C2C2(c3sc(-c4ccccc4)cc31)C(C)CC1CC(C)CC2C1. The fourth-order valence-corrected chi connectivity index (χ4v) is 10.5. The highest BCUT2D eigenvalue weighted by Gasteiger charge is 2.66. The molecule has 2 heterocycles. The maximum atomic E-state index is 14.8. The Balaban J connectivity index is 1.48. The second kappa shape index (κ2) is 9.26. The third-order valence-corrected chi connectivity index (χ3v) is 11.7. The van der Waals surface area contributed by atoms with E-state index in [-0.39, 0.29) is 28.9 Å². The van der Waals surface area contributed by atoms with Crippen LogP contribution < -0.4 is 4.90 Å². The topological polar surface area (TPSA) is 85.0 Å². The third-order valence-electron chi connectivity index (χ3n) is 10.3. The molecule has 2 amide bonds. The third kappa shape index (κ3) is 3.57. The minimum absolute atomic E-state index is 0.216. The first-order chi connectivity index (χ1) is 19.8. The molecule has 0 radical (unpaired) electrons. The number of nitriles is 2. The van der Waals surface area contributed by atoms with Gasteiger partial charge in [0.1, 0.15) is 0 Å². The highest BCUT2D eigenvalue weighted by Crippen LogP contribution is 2.66. The number of carbonyl (C=O) groups excluding carboxylic acids is 2. The number of rotatable bonds is 2. The first kappa shape index (κ1) is 25.9. The Morgan fingerprint density at radius 2 is 1.63 bits per heavy atom. The van der Waals surface area contributed by atoms with Gasteiger partial charge in [-0.2, -0.15) is 10.5 Å². The van der Waals surface area contributed by atoms with Gasteiger partial charge in [0.25, 0.3) is 5.91 Å². The molecule has 204 valence electrons. The predicted octanol–water partition coefficient (Wildman–Crippen LogP) is 7.47. The van der Waals surface area contributed by atoms with Crippen molar-refractivity contribution in [1.29, 1.82) is 10.5 Å². The molecular weight excluding hydrogens is 526 g/mol. The van der Waals surface area contributed by atoms with Crippen LogP contribution in [0.3, 0.4) is 0 Å². The summed E-state index contributed by atoms with van der Waals surface area (Å²) in [4.78, 5) is 32.9. The monoisotopic (exact) mass is 557 g/mol. The van der Waals surface area contributed by atoms with Crippen LogP contribution in [0.5, 0.6) is 0 Å². The van der Waals surface area contributed by atoms with E-state index >= 15 is 0 Å². The standard InChI is InChI=1S/C35H31N3O2S/c1-19-9-22-11-20(2)35(26(10-19)13-22)31-30(21(3)28-16-29(41-32(28)35)25-7-5-4-6-8-25)33(39)38(34(31)40)27-14-23(17-36)12-24(15-27)18-37/h4-8,12,14-16,19-20,22,26,31H,9-11,13H2,1-3H3. The smallest absolute Gasteiger partial charge is 0.262 e. The van der Waals surface area contributed by atoms with Gasteiger partial charge in [-0.15, -0.1) is 11.3 Å². The summed E-state index contributed by atoms with van der Waals surface area (Å²) in [5.41, 5.74) is 4.10. The van der Waals surface area contributed by atoms with Crippen LogP contribution in [0.1, 0.15) is 68.0 Å². The number of nitrogens with zero attached hydrogens (tertiary/aromatic N) is 3. The van der Waals surface area contributed by atoms with Crippen molar-refractivity contribution in [2.24, 2.45) is 29.6 Å². The summed E-state index contributed by atoms with van der Waals surface area (Å²) in [5, 5.41) is 19.2. The average Bonchev–Trinajstić information content (AvgIpc) is 3.53. The lowest BCUT2D eigenvalue weighted by molar-refractivity contribution is -0.126. The number of benzene rings is 2. The summed E-state index contributed by atoms with van der Waals surface area (Å²) in [6.45, 7) is 6.64. The molecule has 41 heavy (non-hydrogen) atoms. The molecule has 4 aliphatic rings. The summed E-state index contributed by atoms with van der Waals surface area (Å²) in [6, 6.07) is 21.4. The van der Waals surface area contributed by atoms with Crippen LogP contribution in [0.2, 0.25) is 0 Å². The molecule has 1 saturated heterocycles. The van der Waals surface area contributed by atoms with Crippen LogP contribution in [0, 0.1) is 52.3 Å². The molecule has 1 spiro atoms. The summed E-state index contributed by atoms with van der Waals surface area (Å²) >= 11 is 1.81. The normalized spacial score (nSPS) is 30.2. The summed E-state index contributed by atoms with van der Waals surface area (Å²) in [6.07, 6.45) is 4.41. The van der Waals surface area contributed by atoms with Crippen LogP contribution in [0.15, 0.2) is 60.2 Å². The average molecular weight is 558 g/mol. The Morgan fingerprint density at radius 3 is 2.32 bits per heavy atom. The van der Waals surface area contributed by atoms with Gasteiger partial charge in [-0.3, -0.25) is 9.59 Å². The van der Waals surface area contributed by atoms with E-state index in [1.54, 1.807) is 23.5 Å². The van der Waals surface area contributed by atoms with Crippen molar-refractivity contribution < 1.29 is 9.59 Å². The Bertz CT molecular complexity index is 1700. The van der Waals surface area contributed by atoms with Gasteiger partial charge >= 0.3 is 0 Å². The van der Waals surface area contributed by atoms with Crippen molar-refractivity contribution in [3.05, 3.63) is 81.7 Å². The highest BCUT2D eigenvalue weighted by atomic mass is 32.1. The number of hydrogen-bond acceptors (Lipinski definition) is 5. The lowest BCUT2D eigenvalue weighted by atomic mass is 9.45. The second-order valence-corrected chi connectivity index (χ2v) is 13.7. The molecule has 5 nitrogen and oxygen atoms in total. The number of hydrogen-bond donors (Lipinski definition) is 0. The van der Waals surface area contributed by atoms with E-state index in [9.17, 15) is 20.1 Å². The molecule has 1 aromatic heterocycles. The molecule has 3 aliphatic carbocycles. The number of imide groups is 1. The fraction of sp³-hybridized carbons (Fsp3) is 0.371. The van der Waals surface area contributed by atoms with Gasteiger partial charge in [0.05, 0.1) is 34.9 Å². The zero-order valence-corrected chi connectivity index (χ0v) is 24.3. The van der Waals surface area contributed by atoms with Crippen LogP contribution in [-0.4, -0.2) is 11.8 Å². The summed E-state index contributed by atoms with van der Waals surface area (Å²) in [5.74, 6) is 0.636. The van der Waals surface area contributed by atoms with E-state index in [0.717, 1.165) is 36.0 Å². The minimum Gasteiger partial charge on any atom is -0.273 e. The van der Waals surface area contributed by atoms with Gasteiger partial charge in [-0.1, -0.05) is 44.2 Å². The molecule has 3 fully saturated rings. The van der Waals surface area contributed by atoms with Crippen LogP contribution >= 0.6 is 11.3 Å². The zero-order valence-electron chi connectivity index (χ0n) is 23.5. The lowest BCUT2D eigenvalue weighted by Gasteiger charge is -2.58. The van der Waals surface area contributed by atoms with E-state index in [4.69, 9.17) is 0 Å². The molecule has 6 unspecified atom stereocenters. The van der Waals surface area contributed by atoms with Gasteiger partial charge in [0.2, 0.25) is 5.91 Å². The molecule has 2 saturated carbocycles. The van der Waals surface area contributed by atoms with Crippen molar-refractivity contribution in [1.82, 2.24) is 0 Å². The first-order valence-corrected chi connectivity index (χ1v) is 15.3. The highest BCUT2D eigenvalue weighted by molar-refractivity contribution is 7.16. The predicted molar refractivity (Wildman–Crippen MR) is 160 cm³/mol. The Hall–Kier alpha value is -4.00. The van der Waals surface area contributed by atoms with E-state index in [0.29, 0.717) is 29.0 Å². The maximum absolute atomic E-state index is 14.8. The van der Waals surface area contributed by atoms with E-state index in [2.05, 4.69) is 56.3 Å². The molecule has 6 heteroatoms. The number of amides is 2. The molecule has 7 rings (SSSR count). The molecule has 3 aromatic rings. The Kier molecular flexibility index (Phi) is 5.86. The van der Waals surface area contributed by atoms with Crippen LogP contribution in [-0.2, 0) is 15.0 Å². The number of allylic oxidation sites excluding steroid dienone is 1. The molecule has 6 atom stereocenters. The first-order valence-electron chi connectivity index (χ1n) is 14.5. The zero-order chi connectivity index (χ0) is 28.6. The van der Waals surface area contributed by atoms with E-state index in [1.165, 1.54) is 27.1 Å². The van der Waals surface area contributed by atoms with E-state index in [1.807, 2.05) is 13.0 Å². The van der Waals surface area contributed by atoms with Gasteiger partial charge in [-0.25, -0.2) is 4.90 Å². The van der Waals surface area contributed by atoms with E-state index < -0.39 is 11.3 Å². The van der Waals surface area contributed by atoms with Gasteiger partial charge in [0.15, 0.2) is 0 Å². The van der Waals surface area contributed by atoms with Crippen LogP contribution in [0.25, 0.3) is 16.0 Å². The van der Waals surface area contributed by atoms with Crippen molar-refractivity contribution >= 4 is 34.4 Å². The van der Waals surface area contributed by atoms with Gasteiger partial charge in [0, 0.05) is 20.7 Å². The maximum Gasteiger partial charge on any atom is 0.262 e. The molecule has 2 bridgehead atoms. The van der Waals surface area contributed by atoms with Crippen molar-refractivity contribution in [2.45, 2.75) is 51.9 Å². The number of anilines is 1. The summed E-state index contributed by atoms with van der Waals surface area (Å²) < 4.78 is 0. The van der Waals surface area contributed by atoms with Crippen molar-refractivity contribution in [3.63, 3.8) is 0 Å².